The molecule has 1 saturated carbocycles. The Bertz CT molecular complexity index is 444. The van der Waals surface area contributed by atoms with Gasteiger partial charge in [0.2, 0.25) is 0 Å². The van der Waals surface area contributed by atoms with Gasteiger partial charge < -0.3 is 4.74 Å². The average Bonchev–Trinajstić information content (AvgIpc) is 2.69. The molecule has 1 aliphatic rings. The highest BCUT2D eigenvalue weighted by atomic mass is 79.9. The highest BCUT2D eigenvalue weighted by Gasteiger charge is 2.39. The highest BCUT2D eigenvalue weighted by molar-refractivity contribution is 9.10. The first-order valence-corrected chi connectivity index (χ1v) is 8.25. The molecular formula is C16H22BrClO. The SMILES string of the molecule is CCOc1ccc(C(Cl)C2CCCC2(C)C)c(Br)c1. The van der Waals surface area contributed by atoms with E-state index in [0.29, 0.717) is 17.9 Å². The molecule has 3 heteroatoms. The lowest BCUT2D eigenvalue weighted by Crippen LogP contribution is -2.21. The van der Waals surface area contributed by atoms with Gasteiger partial charge in [-0.1, -0.05) is 42.3 Å². The molecule has 0 heterocycles. The molecule has 1 nitrogen and oxygen atoms in total. The summed E-state index contributed by atoms with van der Waals surface area (Å²) in [6.07, 6.45) is 3.78. The van der Waals surface area contributed by atoms with Crippen molar-refractivity contribution >= 4 is 27.5 Å². The van der Waals surface area contributed by atoms with Crippen LogP contribution in [0.2, 0.25) is 0 Å². The van der Waals surface area contributed by atoms with E-state index in [9.17, 15) is 0 Å². The highest BCUT2D eigenvalue weighted by Crippen LogP contribution is 2.52. The number of ether oxygens (including phenoxy) is 1. The minimum absolute atomic E-state index is 0.0718. The summed E-state index contributed by atoms with van der Waals surface area (Å²) in [5.74, 6) is 1.44. The molecule has 0 spiro atoms. The van der Waals surface area contributed by atoms with Gasteiger partial charge in [0.15, 0.2) is 0 Å². The normalized spacial score (nSPS) is 23.3. The molecule has 2 rings (SSSR count). The van der Waals surface area contributed by atoms with Gasteiger partial charge in [0.1, 0.15) is 5.75 Å². The minimum Gasteiger partial charge on any atom is -0.494 e. The van der Waals surface area contributed by atoms with E-state index < -0.39 is 0 Å². The van der Waals surface area contributed by atoms with Crippen LogP contribution < -0.4 is 4.74 Å². The van der Waals surface area contributed by atoms with Crippen molar-refractivity contribution < 1.29 is 4.74 Å². The van der Waals surface area contributed by atoms with E-state index in [1.165, 1.54) is 24.8 Å². The van der Waals surface area contributed by atoms with Crippen molar-refractivity contribution in [3.8, 4) is 5.75 Å². The summed E-state index contributed by atoms with van der Waals surface area (Å²) < 4.78 is 6.57. The lowest BCUT2D eigenvalue weighted by Gasteiger charge is -2.31. The molecule has 1 aromatic carbocycles. The van der Waals surface area contributed by atoms with Crippen LogP contribution in [0.4, 0.5) is 0 Å². The molecule has 0 N–H and O–H groups in total. The van der Waals surface area contributed by atoms with Gasteiger partial charge in [-0.15, -0.1) is 11.6 Å². The van der Waals surface area contributed by atoms with E-state index in [2.05, 4.69) is 35.8 Å². The summed E-state index contributed by atoms with van der Waals surface area (Å²) in [5, 5.41) is 0.0718. The van der Waals surface area contributed by atoms with Gasteiger partial charge in [-0.2, -0.15) is 0 Å². The van der Waals surface area contributed by atoms with Gasteiger partial charge in [0.25, 0.3) is 0 Å². The van der Waals surface area contributed by atoms with Crippen LogP contribution in [-0.2, 0) is 0 Å². The standard InChI is InChI=1S/C16H22BrClO/c1-4-19-11-7-8-12(14(17)10-11)15(18)13-6-5-9-16(13,2)3/h7-8,10,13,15H,4-6,9H2,1-3H3. The van der Waals surface area contributed by atoms with Gasteiger partial charge in [-0.3, -0.25) is 0 Å². The molecule has 1 aromatic rings. The molecule has 0 amide bonds. The largest absolute Gasteiger partial charge is 0.494 e. The van der Waals surface area contributed by atoms with E-state index in [-0.39, 0.29) is 5.38 Å². The van der Waals surface area contributed by atoms with Crippen molar-refractivity contribution in [2.75, 3.05) is 6.61 Å². The molecule has 106 valence electrons. The second-order valence-corrected chi connectivity index (χ2v) is 7.33. The summed E-state index contributed by atoms with van der Waals surface area (Å²) in [6.45, 7) is 7.35. The first-order valence-electron chi connectivity index (χ1n) is 7.02. The van der Waals surface area contributed by atoms with Gasteiger partial charge in [-0.05, 0) is 48.8 Å². The van der Waals surface area contributed by atoms with Crippen LogP contribution in [0.25, 0.3) is 0 Å². The Hall–Kier alpha value is -0.210. The fourth-order valence-corrected chi connectivity index (χ4v) is 4.49. The minimum atomic E-state index is 0.0718. The molecule has 1 aliphatic carbocycles. The number of hydrogen-bond donors (Lipinski definition) is 0. The molecule has 0 bridgehead atoms. The Morgan fingerprint density at radius 1 is 1.47 bits per heavy atom. The van der Waals surface area contributed by atoms with Crippen molar-refractivity contribution in [3.63, 3.8) is 0 Å². The maximum Gasteiger partial charge on any atom is 0.120 e. The second-order valence-electron chi connectivity index (χ2n) is 6.01. The third-order valence-corrected chi connectivity index (χ3v) is 5.50. The molecule has 0 aliphatic heterocycles. The smallest absolute Gasteiger partial charge is 0.120 e. The predicted octanol–water partition coefficient (Wildman–Crippen LogP) is 5.95. The maximum atomic E-state index is 6.76. The molecule has 0 saturated heterocycles. The number of rotatable bonds is 4. The molecule has 19 heavy (non-hydrogen) atoms. The predicted molar refractivity (Wildman–Crippen MR) is 85.0 cm³/mol. The van der Waals surface area contributed by atoms with E-state index in [1.54, 1.807) is 0 Å². The van der Waals surface area contributed by atoms with Gasteiger partial charge in [-0.25, -0.2) is 0 Å². The first kappa shape index (κ1) is 15.2. The summed E-state index contributed by atoms with van der Waals surface area (Å²) in [7, 11) is 0. The van der Waals surface area contributed by atoms with E-state index in [0.717, 1.165) is 10.2 Å². The number of halogens is 2. The zero-order valence-corrected chi connectivity index (χ0v) is 14.2. The lowest BCUT2D eigenvalue weighted by molar-refractivity contribution is 0.252. The quantitative estimate of drug-likeness (QED) is 0.612. The zero-order valence-electron chi connectivity index (χ0n) is 11.9. The fraction of sp³-hybridized carbons (Fsp3) is 0.625. The van der Waals surface area contributed by atoms with Crippen LogP contribution in [0.1, 0.15) is 51.0 Å². The molecule has 2 unspecified atom stereocenters. The molecule has 0 radical (unpaired) electrons. The molecule has 0 aromatic heterocycles. The number of alkyl halides is 1. The average molecular weight is 346 g/mol. The van der Waals surface area contributed by atoms with Crippen LogP contribution in [-0.4, -0.2) is 6.61 Å². The first-order chi connectivity index (χ1) is 8.95. The maximum absolute atomic E-state index is 6.76. The second kappa shape index (κ2) is 6.05. The summed E-state index contributed by atoms with van der Waals surface area (Å²) in [5.41, 5.74) is 1.52. The topological polar surface area (TPSA) is 9.23 Å². The molecule has 1 fully saturated rings. The Labute approximate surface area is 129 Å². The van der Waals surface area contributed by atoms with Gasteiger partial charge in [0.05, 0.1) is 12.0 Å². The van der Waals surface area contributed by atoms with Crippen LogP contribution in [0.3, 0.4) is 0 Å². The molecule has 2 atom stereocenters. The van der Waals surface area contributed by atoms with Crippen LogP contribution in [0, 0.1) is 11.3 Å². The van der Waals surface area contributed by atoms with Gasteiger partial charge in [0, 0.05) is 4.47 Å². The van der Waals surface area contributed by atoms with Crippen molar-refractivity contribution in [1.82, 2.24) is 0 Å². The summed E-state index contributed by atoms with van der Waals surface area (Å²) >= 11 is 10.4. The molecular weight excluding hydrogens is 324 g/mol. The lowest BCUT2D eigenvalue weighted by atomic mass is 9.78. The van der Waals surface area contributed by atoms with E-state index in [4.69, 9.17) is 16.3 Å². The van der Waals surface area contributed by atoms with E-state index >= 15 is 0 Å². The van der Waals surface area contributed by atoms with Crippen molar-refractivity contribution in [1.29, 1.82) is 0 Å². The fourth-order valence-electron chi connectivity index (χ4n) is 3.10. The van der Waals surface area contributed by atoms with Crippen LogP contribution in [0.15, 0.2) is 22.7 Å². The summed E-state index contributed by atoms with van der Waals surface area (Å²) in [4.78, 5) is 0. The zero-order chi connectivity index (χ0) is 14.0. The third kappa shape index (κ3) is 3.28. The Morgan fingerprint density at radius 2 is 2.21 bits per heavy atom. The monoisotopic (exact) mass is 344 g/mol. The van der Waals surface area contributed by atoms with Gasteiger partial charge >= 0.3 is 0 Å². The van der Waals surface area contributed by atoms with Crippen LogP contribution in [0.5, 0.6) is 5.75 Å². The number of hydrogen-bond acceptors (Lipinski definition) is 1. The Kier molecular flexibility index (Phi) is 4.84. The van der Waals surface area contributed by atoms with Crippen molar-refractivity contribution in [2.45, 2.75) is 45.4 Å². The van der Waals surface area contributed by atoms with Crippen LogP contribution >= 0.6 is 27.5 Å². The van der Waals surface area contributed by atoms with Crippen molar-refractivity contribution in [3.05, 3.63) is 28.2 Å². The van der Waals surface area contributed by atoms with E-state index in [1.807, 2.05) is 19.1 Å². The van der Waals surface area contributed by atoms with Crippen molar-refractivity contribution in [2.24, 2.45) is 11.3 Å². The third-order valence-electron chi connectivity index (χ3n) is 4.27. The summed E-state index contributed by atoms with van der Waals surface area (Å²) in [6, 6.07) is 6.14. The Morgan fingerprint density at radius 3 is 2.74 bits per heavy atom. The number of benzene rings is 1. The Balaban J connectivity index is 2.22.